The van der Waals surface area contributed by atoms with Gasteiger partial charge in [0, 0.05) is 18.2 Å². The Balaban J connectivity index is 0.000000519. The van der Waals surface area contributed by atoms with Gasteiger partial charge in [0.25, 0.3) is 0 Å². The van der Waals surface area contributed by atoms with Crippen LogP contribution in [0.1, 0.15) is 0 Å². The number of ether oxygens (including phenoxy) is 2. The van der Waals surface area contributed by atoms with Gasteiger partial charge >= 0.3 is 55.1 Å². The van der Waals surface area contributed by atoms with Crippen molar-refractivity contribution in [2.45, 2.75) is 12.7 Å². The first-order valence-corrected chi connectivity index (χ1v) is 14.3. The molecule has 0 aliphatic carbocycles. The second-order valence-corrected chi connectivity index (χ2v) is 8.96. The molecule has 172 valence electrons. The summed E-state index contributed by atoms with van der Waals surface area (Å²) in [6, 6.07) is 4.07. The van der Waals surface area contributed by atoms with Gasteiger partial charge in [-0.2, -0.15) is 0 Å². The quantitative estimate of drug-likeness (QED) is 0.153. The van der Waals surface area contributed by atoms with Crippen LogP contribution in [0.4, 0.5) is 46.5 Å². The van der Waals surface area contributed by atoms with Crippen molar-refractivity contribution in [1.29, 1.82) is 0 Å². The van der Waals surface area contributed by atoms with E-state index in [1.54, 1.807) is 0 Å². The molecule has 2 N–H and O–H groups in total. The second kappa shape index (κ2) is 12.8. The fourth-order valence-corrected chi connectivity index (χ4v) is 1.57. The van der Waals surface area contributed by atoms with Gasteiger partial charge in [0.05, 0.1) is 10.6 Å². The average Bonchev–Trinajstić information content (AvgIpc) is 2.56. The normalized spacial score (nSPS) is 10.8. The fraction of sp³-hybridized carbons (Fsp3) is 0.143. The summed E-state index contributed by atoms with van der Waals surface area (Å²) in [6.07, 6.45) is -9.96. The van der Waals surface area contributed by atoms with E-state index >= 15 is 0 Å². The summed E-state index contributed by atoms with van der Waals surface area (Å²) in [4.78, 5) is 9.16. The van der Waals surface area contributed by atoms with Gasteiger partial charge < -0.3 is 15.2 Å². The van der Waals surface area contributed by atoms with Crippen LogP contribution < -0.4 is 15.2 Å². The number of anilines is 1. The summed E-state index contributed by atoms with van der Waals surface area (Å²) in [5, 5.41) is 10.3. The Morgan fingerprint density at radius 1 is 0.871 bits per heavy atom. The molecule has 2 radical (unpaired) electrons. The van der Waals surface area contributed by atoms with Gasteiger partial charge in [-0.1, -0.05) is 0 Å². The molecule has 0 aromatic heterocycles. The molecule has 2 aromatic rings. The van der Waals surface area contributed by atoms with Crippen LogP contribution in [0, 0.1) is 21.7 Å². The number of rotatable bonds is 3. The average molecular weight is 610 g/mol. The minimum absolute atomic E-state index is 0.265. The molecule has 0 atom stereocenters. The van der Waals surface area contributed by atoms with Crippen LogP contribution in [0.2, 0.25) is 0 Å². The summed E-state index contributed by atoms with van der Waals surface area (Å²) in [6.45, 7) is 0. The van der Waals surface area contributed by atoms with Crippen molar-refractivity contribution < 1.29 is 49.5 Å². The molecule has 2 rings (SSSR count). The van der Waals surface area contributed by atoms with Crippen molar-refractivity contribution in [2.24, 2.45) is 0 Å². The Kier molecular flexibility index (Phi) is 12.0. The molecule has 6 nitrogen and oxygen atoms in total. The van der Waals surface area contributed by atoms with E-state index in [0.29, 0.717) is 24.3 Å². The van der Waals surface area contributed by atoms with Crippen LogP contribution in [0.3, 0.4) is 0 Å². The predicted octanol–water partition coefficient (Wildman–Crippen LogP) is 5.94. The first-order chi connectivity index (χ1) is 14.1. The molecular formula is C14H8Cl2F8N2O4Sn. The maximum atomic E-state index is 12.5. The summed E-state index contributed by atoms with van der Waals surface area (Å²) >= 11 is -0.826. The van der Waals surface area contributed by atoms with Crippen LogP contribution >= 0.6 is 17.8 Å². The van der Waals surface area contributed by atoms with E-state index in [2.05, 4.69) is 9.47 Å². The monoisotopic (exact) mass is 610 g/mol. The zero-order valence-electron chi connectivity index (χ0n) is 14.4. The van der Waals surface area contributed by atoms with Crippen LogP contribution in [-0.2, 0) is 0 Å². The number of halogens is 10. The molecule has 0 amide bonds. The Labute approximate surface area is 185 Å². The molecule has 0 aliphatic rings. The molecule has 2 aromatic carbocycles. The number of nitro groups is 1. The van der Waals surface area contributed by atoms with E-state index in [4.69, 9.17) is 23.6 Å². The first kappa shape index (κ1) is 29.1. The van der Waals surface area contributed by atoms with Gasteiger partial charge in [0.2, 0.25) is 5.75 Å². The number of hydrogen-bond donors (Lipinski definition) is 1. The van der Waals surface area contributed by atoms with Crippen molar-refractivity contribution in [2.75, 3.05) is 5.73 Å². The summed E-state index contributed by atoms with van der Waals surface area (Å²) in [5.41, 5.74) is 3.89. The Bertz CT molecular complexity index is 871. The van der Waals surface area contributed by atoms with E-state index < -0.39 is 65.4 Å². The summed E-state index contributed by atoms with van der Waals surface area (Å²) < 4.78 is 102. The number of alkyl halides is 6. The van der Waals surface area contributed by atoms with Gasteiger partial charge in [-0.15, -0.1) is 26.3 Å². The van der Waals surface area contributed by atoms with E-state index in [1.807, 2.05) is 0 Å². The third-order valence-corrected chi connectivity index (χ3v) is 2.55. The Hall–Kier alpha value is -1.94. The van der Waals surface area contributed by atoms with Gasteiger partial charge in [-0.3, -0.25) is 10.1 Å². The van der Waals surface area contributed by atoms with E-state index in [1.165, 1.54) is 0 Å². The number of hydrogen-bond acceptors (Lipinski definition) is 5. The van der Waals surface area contributed by atoms with Crippen LogP contribution in [0.5, 0.6) is 11.5 Å². The standard InChI is InChI=1S/C7H3F4NO3.C7H5F4NO.2ClH.Sn/c8-4-1-2-5(12(13)14)6(3-4)15-7(9,10)11;8-4-1-2-5(12)6(3-4)13-7(9,10)11;;;/h1-3H;1-3H,12H2;2*1H;/q;;;;+2/p-2. The fourth-order valence-electron chi connectivity index (χ4n) is 1.57. The minimum atomic E-state index is -5.10. The van der Waals surface area contributed by atoms with Crippen molar-refractivity contribution in [3.8, 4) is 11.5 Å². The Morgan fingerprint density at radius 3 is 1.68 bits per heavy atom. The molecule has 0 spiro atoms. The molecule has 0 aliphatic heterocycles. The molecule has 0 unspecified atom stereocenters. The number of nitrogens with zero attached hydrogens (tertiary/aromatic N) is 1. The van der Waals surface area contributed by atoms with Crippen molar-refractivity contribution in [3.05, 3.63) is 58.1 Å². The number of benzene rings is 2. The van der Waals surface area contributed by atoms with Crippen molar-refractivity contribution >= 4 is 48.1 Å². The van der Waals surface area contributed by atoms with Gasteiger partial charge in [-0.25, -0.2) is 8.78 Å². The number of nitrogens with two attached hydrogens (primary N) is 1. The molecule has 0 saturated heterocycles. The third-order valence-electron chi connectivity index (χ3n) is 2.55. The summed E-state index contributed by atoms with van der Waals surface area (Å²) in [7, 11) is 9.87. The number of nitrogen functional groups attached to an aromatic ring is 1. The van der Waals surface area contributed by atoms with E-state index in [9.17, 15) is 45.2 Å². The van der Waals surface area contributed by atoms with Crippen molar-refractivity contribution in [1.82, 2.24) is 0 Å². The van der Waals surface area contributed by atoms with Crippen LogP contribution in [-0.4, -0.2) is 36.5 Å². The van der Waals surface area contributed by atoms with E-state index in [-0.39, 0.29) is 5.69 Å². The molecule has 31 heavy (non-hydrogen) atoms. The number of nitro benzene ring substituents is 1. The SMILES string of the molecule is Nc1ccc(F)cc1OC(F)(F)F.O=[N+]([O-])c1ccc(F)cc1OC(F)(F)F.[Cl][Sn][Cl]. The molecule has 17 heteroatoms. The third kappa shape index (κ3) is 13.2. The van der Waals surface area contributed by atoms with Gasteiger partial charge in [0.15, 0.2) is 5.75 Å². The first-order valence-electron chi connectivity index (χ1n) is 7.06. The topological polar surface area (TPSA) is 87.6 Å². The maximum absolute atomic E-state index is 12.5. The van der Waals surface area contributed by atoms with Crippen LogP contribution in [0.25, 0.3) is 0 Å². The molecule has 0 fully saturated rings. The predicted molar refractivity (Wildman–Crippen MR) is 94.7 cm³/mol. The molecule has 0 saturated carbocycles. The Morgan fingerprint density at radius 2 is 1.26 bits per heavy atom. The molecular weight excluding hydrogens is 602 g/mol. The zero-order chi connectivity index (χ0) is 24.4. The van der Waals surface area contributed by atoms with Crippen LogP contribution in [0.15, 0.2) is 36.4 Å². The van der Waals surface area contributed by atoms with Gasteiger partial charge in [0.1, 0.15) is 11.6 Å². The van der Waals surface area contributed by atoms with Crippen molar-refractivity contribution in [3.63, 3.8) is 0 Å². The summed E-state index contributed by atoms with van der Waals surface area (Å²) in [5.74, 6) is -3.80. The molecule has 0 heterocycles. The molecule has 0 bridgehead atoms. The van der Waals surface area contributed by atoms with E-state index in [0.717, 1.165) is 12.1 Å². The zero-order valence-corrected chi connectivity index (χ0v) is 18.8. The second-order valence-electron chi connectivity index (χ2n) is 4.72. The van der Waals surface area contributed by atoms with Gasteiger partial charge in [-0.05, 0) is 18.2 Å².